The van der Waals surface area contributed by atoms with Gasteiger partial charge in [-0.2, -0.15) is 0 Å². The van der Waals surface area contributed by atoms with Crippen LogP contribution < -0.4 is 14.4 Å². The second-order valence-electron chi connectivity index (χ2n) is 6.38. The van der Waals surface area contributed by atoms with Gasteiger partial charge in [-0.15, -0.1) is 0 Å². The minimum Gasteiger partial charge on any atom is -0.497 e. The van der Waals surface area contributed by atoms with Crippen molar-refractivity contribution < 1.29 is 9.47 Å². The zero-order valence-corrected chi connectivity index (χ0v) is 17.4. The Morgan fingerprint density at radius 1 is 0.815 bits per heavy atom. The van der Waals surface area contributed by atoms with E-state index in [1.807, 2.05) is 30.3 Å². The van der Waals surface area contributed by atoms with Crippen LogP contribution in [-0.4, -0.2) is 19.2 Å². The lowest BCUT2D eigenvalue weighted by Gasteiger charge is -2.25. The fourth-order valence-electron chi connectivity index (χ4n) is 2.89. The molecule has 1 aromatic heterocycles. The molecule has 0 saturated heterocycles. The number of rotatable bonds is 7. The van der Waals surface area contributed by atoms with E-state index in [1.54, 1.807) is 14.2 Å². The Kier molecular flexibility index (Phi) is 6.35. The number of anilines is 1. The quantitative estimate of drug-likeness (QED) is 0.475. The first-order chi connectivity index (χ1) is 13.1. The largest absolute Gasteiger partial charge is 0.497 e. The molecule has 3 aromatic rings. The molecule has 0 N–H and O–H groups in total. The number of nitrogens with zero attached hydrogens (tertiary/aromatic N) is 2. The fourth-order valence-corrected chi connectivity index (χ4v) is 3.43. The molecule has 0 saturated carbocycles. The molecule has 27 heavy (non-hydrogen) atoms. The van der Waals surface area contributed by atoms with E-state index >= 15 is 0 Å². The molecule has 0 aliphatic carbocycles. The highest BCUT2D eigenvalue weighted by molar-refractivity contribution is 9.10. The summed E-state index contributed by atoms with van der Waals surface area (Å²) in [5, 5.41) is 0. The van der Waals surface area contributed by atoms with E-state index in [1.165, 1.54) is 16.7 Å². The van der Waals surface area contributed by atoms with E-state index in [-0.39, 0.29) is 0 Å². The average Bonchev–Trinajstić information content (AvgIpc) is 2.68. The Balaban J connectivity index is 1.88. The lowest BCUT2D eigenvalue weighted by molar-refractivity contribution is 0.414. The number of hydrogen-bond donors (Lipinski definition) is 0. The van der Waals surface area contributed by atoms with Crippen LogP contribution in [0.4, 0.5) is 5.82 Å². The summed E-state index contributed by atoms with van der Waals surface area (Å²) in [6.07, 6.45) is 0. The van der Waals surface area contributed by atoms with Crippen molar-refractivity contribution in [3.63, 3.8) is 0 Å². The fraction of sp³-hybridized carbons (Fsp3) is 0.227. The van der Waals surface area contributed by atoms with Gasteiger partial charge in [-0.3, -0.25) is 0 Å². The topological polar surface area (TPSA) is 34.6 Å². The highest BCUT2D eigenvalue weighted by Gasteiger charge is 2.12. The van der Waals surface area contributed by atoms with E-state index in [0.717, 1.165) is 35.0 Å². The lowest BCUT2D eigenvalue weighted by atomic mass is 10.1. The molecule has 0 aliphatic heterocycles. The van der Waals surface area contributed by atoms with Crippen LogP contribution in [0.15, 0.2) is 65.3 Å². The highest BCUT2D eigenvalue weighted by atomic mass is 79.9. The molecule has 0 spiro atoms. The van der Waals surface area contributed by atoms with E-state index in [2.05, 4.69) is 63.1 Å². The molecule has 2 aromatic carbocycles. The molecule has 0 amide bonds. The van der Waals surface area contributed by atoms with Crippen LogP contribution >= 0.6 is 15.9 Å². The zero-order chi connectivity index (χ0) is 19.2. The minimum atomic E-state index is 0.749. The molecule has 0 atom stereocenters. The van der Waals surface area contributed by atoms with E-state index in [4.69, 9.17) is 9.47 Å². The Hall–Kier alpha value is -2.53. The second-order valence-corrected chi connectivity index (χ2v) is 7.19. The van der Waals surface area contributed by atoms with Crippen molar-refractivity contribution in [2.45, 2.75) is 20.0 Å². The monoisotopic (exact) mass is 426 g/mol. The number of aryl methyl sites for hydroxylation is 1. The number of methoxy groups -OCH3 is 2. The van der Waals surface area contributed by atoms with Gasteiger partial charge >= 0.3 is 0 Å². The van der Waals surface area contributed by atoms with Crippen molar-refractivity contribution >= 4 is 21.7 Å². The molecule has 0 radical (unpaired) electrons. The van der Waals surface area contributed by atoms with Crippen molar-refractivity contribution in [3.05, 3.63) is 82.0 Å². The normalized spacial score (nSPS) is 10.5. The third-order valence-electron chi connectivity index (χ3n) is 4.31. The smallest absolute Gasteiger partial charge is 0.130 e. The van der Waals surface area contributed by atoms with Gasteiger partial charge in [0.1, 0.15) is 21.9 Å². The van der Waals surface area contributed by atoms with Crippen molar-refractivity contribution in [1.82, 2.24) is 4.98 Å². The van der Waals surface area contributed by atoms with Crippen molar-refractivity contribution in [2.75, 3.05) is 19.1 Å². The van der Waals surface area contributed by atoms with E-state index in [0.29, 0.717) is 0 Å². The molecule has 3 rings (SSSR count). The minimum absolute atomic E-state index is 0.749. The molecule has 4 nitrogen and oxygen atoms in total. The standard InChI is InChI=1S/C22H23BrN2O2/c1-16-12-21(23)24-22(13-16)25(14-17-4-8-19(26-2)9-5-17)15-18-6-10-20(27-3)11-7-18/h4-13H,14-15H2,1-3H3. The maximum Gasteiger partial charge on any atom is 0.130 e. The third-order valence-corrected chi connectivity index (χ3v) is 4.72. The van der Waals surface area contributed by atoms with Gasteiger partial charge in [-0.1, -0.05) is 24.3 Å². The second kappa shape index (κ2) is 8.91. The Morgan fingerprint density at radius 2 is 1.30 bits per heavy atom. The molecule has 1 heterocycles. The predicted molar refractivity (Wildman–Crippen MR) is 113 cm³/mol. The zero-order valence-electron chi connectivity index (χ0n) is 15.8. The molecule has 140 valence electrons. The van der Waals surface area contributed by atoms with Gasteiger partial charge in [0.2, 0.25) is 0 Å². The van der Waals surface area contributed by atoms with Crippen LogP contribution in [0.2, 0.25) is 0 Å². The first-order valence-corrected chi connectivity index (χ1v) is 9.51. The SMILES string of the molecule is COc1ccc(CN(Cc2ccc(OC)cc2)c2cc(C)cc(Br)n2)cc1. The molecule has 0 bridgehead atoms. The molecule has 0 aliphatic rings. The Morgan fingerprint density at radius 3 is 1.70 bits per heavy atom. The summed E-state index contributed by atoms with van der Waals surface area (Å²) >= 11 is 3.52. The van der Waals surface area contributed by atoms with Gasteiger partial charge < -0.3 is 14.4 Å². The van der Waals surface area contributed by atoms with Crippen LogP contribution in [0, 0.1) is 6.92 Å². The van der Waals surface area contributed by atoms with Crippen molar-refractivity contribution in [2.24, 2.45) is 0 Å². The van der Waals surface area contributed by atoms with Gasteiger partial charge in [0.05, 0.1) is 14.2 Å². The summed E-state index contributed by atoms with van der Waals surface area (Å²) < 4.78 is 11.4. The van der Waals surface area contributed by atoms with Crippen LogP contribution in [-0.2, 0) is 13.1 Å². The number of pyridine rings is 1. The summed E-state index contributed by atoms with van der Waals surface area (Å²) in [5.74, 6) is 2.65. The summed E-state index contributed by atoms with van der Waals surface area (Å²) in [5.41, 5.74) is 3.56. The summed E-state index contributed by atoms with van der Waals surface area (Å²) in [6.45, 7) is 3.58. The number of benzene rings is 2. The number of aromatic nitrogens is 1. The van der Waals surface area contributed by atoms with Gasteiger partial charge in [0, 0.05) is 13.1 Å². The summed E-state index contributed by atoms with van der Waals surface area (Å²) in [7, 11) is 3.36. The Labute approximate surface area is 168 Å². The highest BCUT2D eigenvalue weighted by Crippen LogP contribution is 2.24. The third kappa shape index (κ3) is 5.23. The average molecular weight is 427 g/mol. The van der Waals surface area contributed by atoms with E-state index < -0.39 is 0 Å². The summed E-state index contributed by atoms with van der Waals surface area (Å²) in [6, 6.07) is 20.4. The van der Waals surface area contributed by atoms with Crippen LogP contribution in [0.1, 0.15) is 16.7 Å². The molecular formula is C22H23BrN2O2. The first-order valence-electron chi connectivity index (χ1n) is 8.72. The first kappa shape index (κ1) is 19.2. The van der Waals surface area contributed by atoms with Gasteiger partial charge in [-0.25, -0.2) is 4.98 Å². The predicted octanol–water partition coefficient (Wildman–Crippen LogP) is 5.38. The molecule has 0 fully saturated rings. The Bertz CT molecular complexity index is 810. The van der Waals surface area contributed by atoms with Gasteiger partial charge in [0.25, 0.3) is 0 Å². The van der Waals surface area contributed by atoms with Crippen LogP contribution in [0.25, 0.3) is 0 Å². The van der Waals surface area contributed by atoms with Crippen molar-refractivity contribution in [1.29, 1.82) is 0 Å². The van der Waals surface area contributed by atoms with Gasteiger partial charge in [-0.05, 0) is 75.9 Å². The molecule has 0 unspecified atom stereocenters. The van der Waals surface area contributed by atoms with E-state index in [9.17, 15) is 0 Å². The summed E-state index contributed by atoms with van der Waals surface area (Å²) in [4.78, 5) is 6.95. The number of hydrogen-bond acceptors (Lipinski definition) is 4. The number of ether oxygens (including phenoxy) is 2. The molecular weight excluding hydrogens is 404 g/mol. The number of halogens is 1. The van der Waals surface area contributed by atoms with Gasteiger partial charge in [0.15, 0.2) is 0 Å². The van der Waals surface area contributed by atoms with Crippen molar-refractivity contribution in [3.8, 4) is 11.5 Å². The lowest BCUT2D eigenvalue weighted by Crippen LogP contribution is -2.23. The maximum absolute atomic E-state index is 5.26. The maximum atomic E-state index is 5.26. The van der Waals surface area contributed by atoms with Crippen LogP contribution in [0.5, 0.6) is 11.5 Å². The molecule has 5 heteroatoms. The van der Waals surface area contributed by atoms with Crippen LogP contribution in [0.3, 0.4) is 0 Å².